The summed E-state index contributed by atoms with van der Waals surface area (Å²) in [5.74, 6) is 0.0231. The van der Waals surface area contributed by atoms with Crippen LogP contribution in [-0.2, 0) is 14.8 Å². The number of amides is 1. The number of piperazine rings is 1. The highest BCUT2D eigenvalue weighted by molar-refractivity contribution is 7.89. The van der Waals surface area contributed by atoms with Crippen molar-refractivity contribution in [3.63, 3.8) is 0 Å². The van der Waals surface area contributed by atoms with Gasteiger partial charge in [-0.1, -0.05) is 5.16 Å². The second-order valence-electron chi connectivity index (χ2n) is 5.48. The molecular formula is C12H21N5O4S. The van der Waals surface area contributed by atoms with Gasteiger partial charge in [0.15, 0.2) is 16.5 Å². The van der Waals surface area contributed by atoms with E-state index in [1.54, 1.807) is 9.80 Å². The van der Waals surface area contributed by atoms with E-state index in [0.717, 1.165) is 0 Å². The van der Waals surface area contributed by atoms with Gasteiger partial charge >= 0.3 is 0 Å². The van der Waals surface area contributed by atoms with Gasteiger partial charge < -0.3 is 20.1 Å². The predicted molar refractivity (Wildman–Crippen MR) is 79.5 cm³/mol. The molecule has 0 aromatic carbocycles. The number of nitrogen functional groups attached to an aromatic ring is 1. The molecule has 2 rings (SSSR count). The summed E-state index contributed by atoms with van der Waals surface area (Å²) < 4.78 is 31.3. The molecule has 1 aliphatic rings. The van der Waals surface area contributed by atoms with Crippen molar-refractivity contribution < 1.29 is 17.7 Å². The van der Waals surface area contributed by atoms with Crippen molar-refractivity contribution in [3.8, 4) is 0 Å². The second-order valence-corrected chi connectivity index (χ2v) is 7.35. The summed E-state index contributed by atoms with van der Waals surface area (Å²) in [6.07, 6.45) is 0. The average molecular weight is 331 g/mol. The first kappa shape index (κ1) is 16.7. The third kappa shape index (κ3) is 3.23. The van der Waals surface area contributed by atoms with Crippen molar-refractivity contribution in [1.82, 2.24) is 19.3 Å². The predicted octanol–water partition coefficient (Wildman–Crippen LogP) is -1.04. The fraction of sp³-hybridized carbons (Fsp3) is 0.667. The molecule has 0 saturated carbocycles. The van der Waals surface area contributed by atoms with E-state index in [4.69, 9.17) is 10.3 Å². The van der Waals surface area contributed by atoms with Crippen molar-refractivity contribution in [2.45, 2.75) is 11.8 Å². The van der Waals surface area contributed by atoms with Gasteiger partial charge in [0.05, 0.1) is 6.54 Å². The summed E-state index contributed by atoms with van der Waals surface area (Å²) in [5, 5.41) is 3.48. The molecule has 1 saturated heterocycles. The number of rotatable bonds is 4. The first-order valence-electron chi connectivity index (χ1n) is 6.88. The van der Waals surface area contributed by atoms with Gasteiger partial charge in [0.2, 0.25) is 15.9 Å². The Morgan fingerprint density at radius 1 is 1.32 bits per heavy atom. The largest absolute Gasteiger partial charge is 0.380 e. The number of aryl methyl sites for hydroxylation is 1. The standard InChI is InChI=1S/C12H21N5O4S/c1-9-11(12(13)14-21-9)22(19,20)17-6-4-16(5-7-17)10(18)8-15(2)3/h4-8H2,1-3H3,(H2,13,14). The first-order chi connectivity index (χ1) is 10.2. The van der Waals surface area contributed by atoms with E-state index in [-0.39, 0.29) is 35.5 Å². The number of hydrogen-bond acceptors (Lipinski definition) is 7. The fourth-order valence-corrected chi connectivity index (χ4v) is 3.98. The van der Waals surface area contributed by atoms with Crippen LogP contribution in [0.3, 0.4) is 0 Å². The molecule has 124 valence electrons. The van der Waals surface area contributed by atoms with Gasteiger partial charge in [0.1, 0.15) is 0 Å². The number of nitrogens with two attached hydrogens (primary N) is 1. The quantitative estimate of drug-likeness (QED) is 0.749. The molecule has 1 aromatic rings. The Morgan fingerprint density at radius 2 is 1.91 bits per heavy atom. The molecule has 1 amide bonds. The van der Waals surface area contributed by atoms with Crippen LogP contribution >= 0.6 is 0 Å². The maximum atomic E-state index is 12.6. The Hall–Kier alpha value is -1.65. The van der Waals surface area contributed by atoms with E-state index in [1.165, 1.54) is 11.2 Å². The minimum atomic E-state index is -3.75. The first-order valence-corrected chi connectivity index (χ1v) is 8.32. The van der Waals surface area contributed by atoms with E-state index in [9.17, 15) is 13.2 Å². The molecule has 22 heavy (non-hydrogen) atoms. The minimum absolute atomic E-state index is 0.0114. The summed E-state index contributed by atoms with van der Waals surface area (Å²) in [6, 6.07) is 0. The number of carbonyl (C=O) groups excluding carboxylic acids is 1. The van der Waals surface area contributed by atoms with Gasteiger partial charge in [-0.3, -0.25) is 4.79 Å². The molecule has 1 aliphatic heterocycles. The van der Waals surface area contributed by atoms with Crippen molar-refractivity contribution in [3.05, 3.63) is 5.76 Å². The molecular weight excluding hydrogens is 310 g/mol. The molecule has 0 spiro atoms. The number of sulfonamides is 1. The third-order valence-corrected chi connectivity index (χ3v) is 5.53. The van der Waals surface area contributed by atoms with Crippen LogP contribution < -0.4 is 5.73 Å². The zero-order valence-electron chi connectivity index (χ0n) is 12.9. The summed E-state index contributed by atoms with van der Waals surface area (Å²) in [5.41, 5.74) is 5.58. The number of likely N-dealkylation sites (N-methyl/N-ethyl adjacent to an activating group) is 1. The number of carbonyl (C=O) groups is 1. The highest BCUT2D eigenvalue weighted by Crippen LogP contribution is 2.26. The monoisotopic (exact) mass is 331 g/mol. The van der Waals surface area contributed by atoms with Crippen molar-refractivity contribution >= 4 is 21.7 Å². The lowest BCUT2D eigenvalue weighted by molar-refractivity contribution is -0.133. The lowest BCUT2D eigenvalue weighted by atomic mass is 10.3. The number of hydrogen-bond donors (Lipinski definition) is 1. The lowest BCUT2D eigenvalue weighted by Gasteiger charge is -2.34. The van der Waals surface area contributed by atoms with E-state index in [2.05, 4.69) is 5.16 Å². The zero-order valence-corrected chi connectivity index (χ0v) is 13.8. The molecule has 0 bridgehead atoms. The maximum Gasteiger partial charge on any atom is 0.250 e. The number of anilines is 1. The zero-order chi connectivity index (χ0) is 16.5. The highest BCUT2D eigenvalue weighted by Gasteiger charge is 2.34. The smallest absolute Gasteiger partial charge is 0.250 e. The van der Waals surface area contributed by atoms with Crippen LogP contribution in [0.15, 0.2) is 9.42 Å². The normalized spacial score (nSPS) is 17.2. The Labute approximate surface area is 129 Å². The van der Waals surface area contributed by atoms with Gasteiger partial charge in [-0.15, -0.1) is 0 Å². The molecule has 1 aromatic heterocycles. The highest BCUT2D eigenvalue weighted by atomic mass is 32.2. The Morgan fingerprint density at radius 3 is 2.36 bits per heavy atom. The van der Waals surface area contributed by atoms with Crippen LogP contribution in [0.4, 0.5) is 5.82 Å². The van der Waals surface area contributed by atoms with E-state index in [0.29, 0.717) is 19.6 Å². The topological polar surface area (TPSA) is 113 Å². The van der Waals surface area contributed by atoms with Gasteiger partial charge in [0, 0.05) is 26.2 Å². The van der Waals surface area contributed by atoms with E-state index in [1.807, 2.05) is 14.1 Å². The van der Waals surface area contributed by atoms with Gasteiger partial charge in [0.25, 0.3) is 0 Å². The van der Waals surface area contributed by atoms with Crippen LogP contribution in [-0.4, -0.2) is 80.4 Å². The van der Waals surface area contributed by atoms with Crippen LogP contribution in [0.5, 0.6) is 0 Å². The van der Waals surface area contributed by atoms with Gasteiger partial charge in [-0.2, -0.15) is 4.31 Å². The molecule has 9 nitrogen and oxygen atoms in total. The van der Waals surface area contributed by atoms with Gasteiger partial charge in [-0.05, 0) is 21.0 Å². The summed E-state index contributed by atoms with van der Waals surface area (Å²) in [6.45, 7) is 2.99. The molecule has 0 unspecified atom stereocenters. The number of nitrogens with zero attached hydrogens (tertiary/aromatic N) is 4. The van der Waals surface area contributed by atoms with Crippen LogP contribution in [0.25, 0.3) is 0 Å². The molecule has 2 heterocycles. The summed E-state index contributed by atoms with van der Waals surface area (Å²) >= 11 is 0. The molecule has 10 heteroatoms. The van der Waals surface area contributed by atoms with Crippen molar-refractivity contribution in [2.24, 2.45) is 0 Å². The summed E-state index contributed by atoms with van der Waals surface area (Å²) in [4.78, 5) is 15.3. The Kier molecular flexibility index (Phi) is 4.73. The molecule has 0 atom stereocenters. The van der Waals surface area contributed by atoms with Crippen molar-refractivity contribution in [2.75, 3.05) is 52.6 Å². The van der Waals surface area contributed by atoms with Crippen LogP contribution in [0, 0.1) is 6.92 Å². The molecule has 2 N–H and O–H groups in total. The fourth-order valence-electron chi connectivity index (χ4n) is 2.37. The Balaban J connectivity index is 2.07. The lowest BCUT2D eigenvalue weighted by Crippen LogP contribution is -2.52. The van der Waals surface area contributed by atoms with Crippen LogP contribution in [0.2, 0.25) is 0 Å². The Bertz CT molecular complexity index is 627. The second kappa shape index (κ2) is 6.23. The summed E-state index contributed by atoms with van der Waals surface area (Å²) in [7, 11) is -0.117. The van der Waals surface area contributed by atoms with Crippen molar-refractivity contribution in [1.29, 1.82) is 0 Å². The minimum Gasteiger partial charge on any atom is -0.380 e. The SMILES string of the molecule is Cc1onc(N)c1S(=O)(=O)N1CCN(C(=O)CN(C)C)CC1. The molecule has 0 radical (unpaired) electrons. The van der Waals surface area contributed by atoms with E-state index < -0.39 is 10.0 Å². The number of aromatic nitrogens is 1. The third-order valence-electron chi connectivity index (χ3n) is 3.47. The van der Waals surface area contributed by atoms with Gasteiger partial charge in [-0.25, -0.2) is 8.42 Å². The molecule has 0 aliphatic carbocycles. The van der Waals surface area contributed by atoms with Crippen LogP contribution in [0.1, 0.15) is 5.76 Å². The maximum absolute atomic E-state index is 12.6. The molecule has 1 fully saturated rings. The van der Waals surface area contributed by atoms with E-state index >= 15 is 0 Å². The average Bonchev–Trinajstić information content (AvgIpc) is 2.78.